The molecule has 2 N–H and O–H groups in total. The fourth-order valence-corrected chi connectivity index (χ4v) is 1.93. The van der Waals surface area contributed by atoms with Gasteiger partial charge in [0.2, 0.25) is 0 Å². The quantitative estimate of drug-likeness (QED) is 0.822. The van der Waals surface area contributed by atoms with Crippen LogP contribution in [0.4, 0.5) is 0 Å². The molecule has 1 heterocycles. The average molecular weight is 245 g/mol. The molecule has 2 aromatic rings. The molecule has 0 bridgehead atoms. The molecule has 0 fully saturated rings. The fourth-order valence-electron chi connectivity index (χ4n) is 1.93. The Morgan fingerprint density at radius 3 is 2.67 bits per heavy atom. The van der Waals surface area contributed by atoms with Gasteiger partial charge in [0, 0.05) is 12.5 Å². The van der Waals surface area contributed by atoms with Gasteiger partial charge in [-0.05, 0) is 49.7 Å². The standard InChI is InChI=1S/C15H19NO2/c1-12(11-15-3-2-10-18-15)16-9-8-13-4-6-14(17)7-5-13/h2-7,10,12,16-17H,8-9,11H2,1H3. The molecule has 18 heavy (non-hydrogen) atoms. The lowest BCUT2D eigenvalue weighted by Gasteiger charge is -2.12. The van der Waals surface area contributed by atoms with Crippen molar-refractivity contribution in [2.75, 3.05) is 6.54 Å². The first-order valence-corrected chi connectivity index (χ1v) is 6.28. The predicted molar refractivity (Wildman–Crippen MR) is 71.7 cm³/mol. The molecule has 0 radical (unpaired) electrons. The van der Waals surface area contributed by atoms with Crippen molar-refractivity contribution in [2.45, 2.75) is 25.8 Å². The largest absolute Gasteiger partial charge is 0.508 e. The van der Waals surface area contributed by atoms with Crippen LogP contribution in [0.1, 0.15) is 18.2 Å². The zero-order valence-corrected chi connectivity index (χ0v) is 10.6. The normalized spacial score (nSPS) is 12.5. The highest BCUT2D eigenvalue weighted by Crippen LogP contribution is 2.10. The first-order chi connectivity index (χ1) is 8.74. The first-order valence-electron chi connectivity index (χ1n) is 6.28. The van der Waals surface area contributed by atoms with Crippen molar-refractivity contribution in [3.05, 3.63) is 54.0 Å². The van der Waals surface area contributed by atoms with E-state index in [0.717, 1.165) is 25.1 Å². The third kappa shape index (κ3) is 3.93. The Bertz CT molecular complexity index is 448. The second-order valence-corrected chi connectivity index (χ2v) is 4.56. The van der Waals surface area contributed by atoms with Gasteiger partial charge in [0.25, 0.3) is 0 Å². The van der Waals surface area contributed by atoms with E-state index in [2.05, 4.69) is 12.2 Å². The molecule has 3 heteroatoms. The lowest BCUT2D eigenvalue weighted by atomic mass is 10.1. The van der Waals surface area contributed by atoms with E-state index >= 15 is 0 Å². The summed E-state index contributed by atoms with van der Waals surface area (Å²) in [6.45, 7) is 3.08. The van der Waals surface area contributed by atoms with Crippen molar-refractivity contribution in [3.8, 4) is 5.75 Å². The van der Waals surface area contributed by atoms with Crippen molar-refractivity contribution >= 4 is 0 Å². The topological polar surface area (TPSA) is 45.4 Å². The summed E-state index contributed by atoms with van der Waals surface area (Å²) >= 11 is 0. The van der Waals surface area contributed by atoms with E-state index in [0.29, 0.717) is 11.8 Å². The molecule has 3 nitrogen and oxygen atoms in total. The molecular weight excluding hydrogens is 226 g/mol. The second kappa shape index (κ2) is 6.26. The molecular formula is C15H19NO2. The van der Waals surface area contributed by atoms with E-state index in [-0.39, 0.29) is 0 Å². The van der Waals surface area contributed by atoms with Crippen LogP contribution in [-0.2, 0) is 12.8 Å². The van der Waals surface area contributed by atoms with Crippen LogP contribution in [0.15, 0.2) is 47.1 Å². The van der Waals surface area contributed by atoms with E-state index in [9.17, 15) is 5.11 Å². The maximum Gasteiger partial charge on any atom is 0.115 e. The highest BCUT2D eigenvalue weighted by Gasteiger charge is 2.04. The van der Waals surface area contributed by atoms with E-state index in [1.165, 1.54) is 5.56 Å². The SMILES string of the molecule is CC(Cc1ccco1)NCCc1ccc(O)cc1. The summed E-state index contributed by atoms with van der Waals surface area (Å²) in [5, 5.41) is 12.6. The second-order valence-electron chi connectivity index (χ2n) is 4.56. The number of phenolic OH excluding ortho intramolecular Hbond substituents is 1. The molecule has 1 aromatic heterocycles. The Labute approximate surface area is 107 Å². The molecule has 0 amide bonds. The lowest BCUT2D eigenvalue weighted by molar-refractivity contribution is 0.458. The van der Waals surface area contributed by atoms with E-state index in [1.807, 2.05) is 24.3 Å². The van der Waals surface area contributed by atoms with E-state index in [1.54, 1.807) is 18.4 Å². The van der Waals surface area contributed by atoms with Gasteiger partial charge in [-0.3, -0.25) is 0 Å². The van der Waals surface area contributed by atoms with Gasteiger partial charge in [0.05, 0.1) is 6.26 Å². The minimum absolute atomic E-state index is 0.317. The van der Waals surface area contributed by atoms with Crippen molar-refractivity contribution in [2.24, 2.45) is 0 Å². The Kier molecular flexibility index (Phi) is 4.42. The van der Waals surface area contributed by atoms with Crippen LogP contribution in [0.25, 0.3) is 0 Å². The number of benzene rings is 1. The Morgan fingerprint density at radius 1 is 1.22 bits per heavy atom. The zero-order valence-electron chi connectivity index (χ0n) is 10.6. The van der Waals surface area contributed by atoms with Gasteiger partial charge >= 0.3 is 0 Å². The third-order valence-corrected chi connectivity index (χ3v) is 2.93. The molecule has 1 unspecified atom stereocenters. The van der Waals surface area contributed by atoms with Crippen molar-refractivity contribution in [1.29, 1.82) is 0 Å². The minimum Gasteiger partial charge on any atom is -0.508 e. The molecule has 0 saturated carbocycles. The molecule has 96 valence electrons. The molecule has 0 aliphatic carbocycles. The van der Waals surface area contributed by atoms with Crippen LogP contribution in [0.3, 0.4) is 0 Å². The first kappa shape index (κ1) is 12.7. The summed E-state index contributed by atoms with van der Waals surface area (Å²) in [6.07, 6.45) is 3.57. The molecule has 1 atom stereocenters. The highest BCUT2D eigenvalue weighted by molar-refractivity contribution is 5.25. The summed E-state index contributed by atoms with van der Waals surface area (Å²) in [6, 6.07) is 11.7. The fraction of sp³-hybridized carbons (Fsp3) is 0.333. The number of aromatic hydroxyl groups is 1. The number of hydrogen-bond acceptors (Lipinski definition) is 3. The summed E-state index contributed by atoms with van der Waals surface area (Å²) in [7, 11) is 0. The molecule has 2 rings (SSSR count). The summed E-state index contributed by atoms with van der Waals surface area (Å²) < 4.78 is 5.31. The number of hydrogen-bond donors (Lipinski definition) is 2. The monoisotopic (exact) mass is 245 g/mol. The maximum atomic E-state index is 9.19. The van der Waals surface area contributed by atoms with Crippen LogP contribution in [0, 0.1) is 0 Å². The van der Waals surface area contributed by atoms with Gasteiger partial charge in [0.15, 0.2) is 0 Å². The van der Waals surface area contributed by atoms with Crippen molar-refractivity contribution < 1.29 is 9.52 Å². The van der Waals surface area contributed by atoms with E-state index in [4.69, 9.17) is 4.42 Å². The predicted octanol–water partition coefficient (Wildman–Crippen LogP) is 2.75. The Morgan fingerprint density at radius 2 is 2.00 bits per heavy atom. The zero-order chi connectivity index (χ0) is 12.8. The van der Waals surface area contributed by atoms with Gasteiger partial charge in [-0.1, -0.05) is 12.1 Å². The number of rotatable bonds is 6. The highest BCUT2D eigenvalue weighted by atomic mass is 16.3. The minimum atomic E-state index is 0.317. The van der Waals surface area contributed by atoms with Gasteiger partial charge in [-0.2, -0.15) is 0 Å². The van der Waals surface area contributed by atoms with Gasteiger partial charge in [-0.15, -0.1) is 0 Å². The number of phenols is 1. The summed E-state index contributed by atoms with van der Waals surface area (Å²) in [4.78, 5) is 0. The number of nitrogens with one attached hydrogen (secondary N) is 1. The van der Waals surface area contributed by atoms with Crippen LogP contribution >= 0.6 is 0 Å². The van der Waals surface area contributed by atoms with Crippen molar-refractivity contribution in [3.63, 3.8) is 0 Å². The lowest BCUT2D eigenvalue weighted by Crippen LogP contribution is -2.29. The van der Waals surface area contributed by atoms with Crippen LogP contribution in [-0.4, -0.2) is 17.7 Å². The Hall–Kier alpha value is -1.74. The summed E-state index contributed by atoms with van der Waals surface area (Å²) in [5.41, 5.74) is 1.23. The molecule has 0 aliphatic heterocycles. The van der Waals surface area contributed by atoms with Crippen molar-refractivity contribution in [1.82, 2.24) is 5.32 Å². The average Bonchev–Trinajstić information content (AvgIpc) is 2.84. The number of furan rings is 1. The molecule has 0 aliphatic rings. The third-order valence-electron chi connectivity index (χ3n) is 2.93. The maximum absolute atomic E-state index is 9.19. The Balaban J connectivity index is 1.70. The summed E-state index contributed by atoms with van der Waals surface area (Å²) in [5.74, 6) is 1.33. The van der Waals surface area contributed by atoms with Gasteiger partial charge in [0.1, 0.15) is 11.5 Å². The van der Waals surface area contributed by atoms with Crippen LogP contribution < -0.4 is 5.32 Å². The van der Waals surface area contributed by atoms with Gasteiger partial charge in [-0.25, -0.2) is 0 Å². The smallest absolute Gasteiger partial charge is 0.115 e. The van der Waals surface area contributed by atoms with Crippen LogP contribution in [0.5, 0.6) is 5.75 Å². The van der Waals surface area contributed by atoms with E-state index < -0.39 is 0 Å². The molecule has 1 aromatic carbocycles. The van der Waals surface area contributed by atoms with Gasteiger partial charge < -0.3 is 14.8 Å². The molecule has 0 spiro atoms. The molecule has 0 saturated heterocycles. The van der Waals surface area contributed by atoms with Crippen LogP contribution in [0.2, 0.25) is 0 Å².